The van der Waals surface area contributed by atoms with Crippen molar-refractivity contribution in [3.8, 4) is 0 Å². The molecular formula is C48H73NO17. The first-order valence-electron chi connectivity index (χ1n) is 22.5. The van der Waals surface area contributed by atoms with E-state index in [0.717, 1.165) is 6.08 Å². The van der Waals surface area contributed by atoms with Crippen LogP contribution in [0, 0.1) is 23.7 Å². The molecule has 2 saturated heterocycles. The lowest BCUT2D eigenvalue weighted by Crippen LogP contribution is -2.65. The maximum absolute atomic E-state index is 13.9. The SMILES string of the molecule is CC[C@H]1OC(=O)/C=C(\O)[C@H](C)[C@@H](O[C@H]2O[C@@H](C)[C@H](OC(C)=O)[C@@H](N(C)C)[C@@H]2OC(C)=O)[C@@H](C/C=C/C(C)=O)C[C@@H](C)C(=O)/C=C/C(C)=C/[C@@H]1CO[C@@H]1O[C@H](C)[C@@H](OC(C)=O)[C@@H](OC)[C@H]1OC. The van der Waals surface area contributed by atoms with Crippen LogP contribution in [-0.4, -0.2) is 154 Å². The highest BCUT2D eigenvalue weighted by Gasteiger charge is 2.52. The van der Waals surface area contributed by atoms with Gasteiger partial charge in [-0.25, -0.2) is 4.79 Å². The molecule has 0 aromatic rings. The van der Waals surface area contributed by atoms with Gasteiger partial charge < -0.3 is 52.5 Å². The lowest BCUT2D eigenvalue weighted by Gasteiger charge is -2.48. The summed E-state index contributed by atoms with van der Waals surface area (Å²) >= 11 is 0. The van der Waals surface area contributed by atoms with Crippen molar-refractivity contribution < 1.29 is 81.2 Å². The first-order chi connectivity index (χ1) is 31.0. The standard InChI is InChI=1S/C48H73NO17/c1-15-38-35(24-59-47-46(58-14)45(57-13)43(30(7)60-47)63-32(9)52)21-25(2)19-20-36(54)26(3)22-34(18-16-17-27(4)50)41(28(5)37(55)23-39(56)65-38)66-48-44(64-33(10)53)40(49(11)12)42(29(6)61-48)62-31(8)51/h16-17,19-21,23,26,28-30,34-35,38,40-48,55H,15,18,22,24H2,1-14H3/b17-16+,20-19+,25-21+,37-23-/t26-,28+,29+,30-,34+,35-,38-,40-,41-,42+,43-,44+,45-,46-,47-,48-/m1/s1. The predicted molar refractivity (Wildman–Crippen MR) is 238 cm³/mol. The fraction of sp³-hybridized carbons (Fsp3) is 0.708. The Kier molecular flexibility index (Phi) is 22.3. The third-order valence-corrected chi connectivity index (χ3v) is 12.0. The van der Waals surface area contributed by atoms with E-state index in [0.29, 0.717) is 12.0 Å². The molecule has 0 aliphatic carbocycles. The fourth-order valence-electron chi connectivity index (χ4n) is 8.79. The summed E-state index contributed by atoms with van der Waals surface area (Å²) in [6.07, 6.45) is -0.240. The number of hydrogen-bond acceptors (Lipinski definition) is 18. The average Bonchev–Trinajstić information content (AvgIpc) is 3.22. The van der Waals surface area contributed by atoms with E-state index in [9.17, 15) is 33.9 Å². The molecule has 0 bridgehead atoms. The Hall–Kier alpha value is -4.30. The van der Waals surface area contributed by atoms with Crippen LogP contribution in [0.5, 0.6) is 0 Å². The zero-order valence-electron chi connectivity index (χ0n) is 41.0. The maximum atomic E-state index is 13.9. The second kappa shape index (κ2) is 26.3. The number of aliphatic hydroxyl groups excluding tert-OH is 1. The van der Waals surface area contributed by atoms with Gasteiger partial charge in [-0.05, 0) is 79.1 Å². The molecule has 0 spiro atoms. The van der Waals surface area contributed by atoms with Gasteiger partial charge in [0, 0.05) is 52.7 Å². The molecular weight excluding hydrogens is 863 g/mol. The van der Waals surface area contributed by atoms with Crippen LogP contribution in [-0.2, 0) is 76.1 Å². The minimum absolute atomic E-state index is 0.0553. The predicted octanol–water partition coefficient (Wildman–Crippen LogP) is 4.91. The summed E-state index contributed by atoms with van der Waals surface area (Å²) in [4.78, 5) is 78.4. The summed E-state index contributed by atoms with van der Waals surface area (Å²) < 4.78 is 60.1. The highest BCUT2D eigenvalue weighted by atomic mass is 16.7. The van der Waals surface area contributed by atoms with Crippen molar-refractivity contribution in [1.29, 1.82) is 0 Å². The van der Waals surface area contributed by atoms with Gasteiger partial charge in [0.2, 0.25) is 0 Å². The first kappa shape index (κ1) is 56.0. The molecule has 2 fully saturated rings. The Morgan fingerprint density at radius 3 is 1.94 bits per heavy atom. The summed E-state index contributed by atoms with van der Waals surface area (Å²) in [5.41, 5.74) is 0.661. The molecule has 0 aromatic carbocycles. The van der Waals surface area contributed by atoms with E-state index < -0.39 is 127 Å². The summed E-state index contributed by atoms with van der Waals surface area (Å²) in [6, 6.07) is -0.749. The molecule has 16 atom stereocenters. The van der Waals surface area contributed by atoms with Crippen LogP contribution in [0.4, 0.5) is 0 Å². The van der Waals surface area contributed by atoms with E-state index in [4.69, 9.17) is 47.4 Å². The highest BCUT2D eigenvalue weighted by Crippen LogP contribution is 2.37. The average molecular weight is 936 g/mol. The lowest BCUT2D eigenvalue weighted by atomic mass is 9.80. The molecule has 0 aromatic heterocycles. The van der Waals surface area contributed by atoms with Crippen LogP contribution in [0.15, 0.2) is 47.8 Å². The number of carbonyl (C=O) groups is 6. The van der Waals surface area contributed by atoms with E-state index in [1.54, 1.807) is 65.8 Å². The Morgan fingerprint density at radius 2 is 1.38 bits per heavy atom. The van der Waals surface area contributed by atoms with Crippen molar-refractivity contribution in [2.75, 3.05) is 34.9 Å². The van der Waals surface area contributed by atoms with Gasteiger partial charge in [0.15, 0.2) is 36.4 Å². The number of rotatable bonds is 15. The van der Waals surface area contributed by atoms with Gasteiger partial charge in [-0.1, -0.05) is 44.6 Å². The van der Waals surface area contributed by atoms with E-state index in [1.807, 2.05) is 13.0 Å². The molecule has 3 heterocycles. The number of allylic oxidation sites excluding steroid dienone is 5. The van der Waals surface area contributed by atoms with Crippen LogP contribution in [0.25, 0.3) is 0 Å². The third-order valence-electron chi connectivity index (χ3n) is 12.0. The molecule has 3 aliphatic rings. The van der Waals surface area contributed by atoms with Crippen molar-refractivity contribution in [2.45, 2.75) is 162 Å². The van der Waals surface area contributed by atoms with Crippen molar-refractivity contribution in [3.63, 3.8) is 0 Å². The molecule has 0 saturated carbocycles. The molecule has 66 heavy (non-hydrogen) atoms. The van der Waals surface area contributed by atoms with E-state index in [2.05, 4.69) is 0 Å². The van der Waals surface area contributed by atoms with Crippen molar-refractivity contribution in [3.05, 3.63) is 47.8 Å². The number of esters is 4. The number of nitrogens with zero attached hydrogens (tertiary/aromatic N) is 1. The molecule has 0 unspecified atom stereocenters. The molecule has 0 radical (unpaired) electrons. The second-order valence-electron chi connectivity index (χ2n) is 17.6. The van der Waals surface area contributed by atoms with Gasteiger partial charge in [-0.15, -0.1) is 0 Å². The van der Waals surface area contributed by atoms with Crippen LogP contribution < -0.4 is 0 Å². The van der Waals surface area contributed by atoms with E-state index in [-0.39, 0.29) is 31.0 Å². The number of hydrogen-bond donors (Lipinski definition) is 1. The summed E-state index contributed by atoms with van der Waals surface area (Å²) in [7, 11) is 6.38. The number of ether oxygens (including phenoxy) is 10. The lowest BCUT2D eigenvalue weighted by molar-refractivity contribution is -0.306. The Bertz CT molecular complexity index is 1790. The van der Waals surface area contributed by atoms with Crippen LogP contribution >= 0.6 is 0 Å². The summed E-state index contributed by atoms with van der Waals surface area (Å²) in [5, 5.41) is 11.8. The van der Waals surface area contributed by atoms with Crippen molar-refractivity contribution >= 4 is 35.4 Å². The van der Waals surface area contributed by atoms with E-state index >= 15 is 0 Å². The fourth-order valence-corrected chi connectivity index (χ4v) is 8.79. The Labute approximate surface area is 389 Å². The monoisotopic (exact) mass is 935 g/mol. The Morgan fingerprint density at radius 1 is 0.803 bits per heavy atom. The molecule has 18 nitrogen and oxygen atoms in total. The zero-order chi connectivity index (χ0) is 49.6. The topological polar surface area (TPSA) is 218 Å². The van der Waals surface area contributed by atoms with Gasteiger partial charge >= 0.3 is 23.9 Å². The van der Waals surface area contributed by atoms with Crippen LogP contribution in [0.2, 0.25) is 0 Å². The van der Waals surface area contributed by atoms with Crippen LogP contribution in [0.3, 0.4) is 0 Å². The third kappa shape index (κ3) is 15.9. The van der Waals surface area contributed by atoms with Gasteiger partial charge in [-0.2, -0.15) is 0 Å². The number of aliphatic hydroxyl groups is 1. The van der Waals surface area contributed by atoms with Gasteiger partial charge in [0.05, 0.1) is 37.0 Å². The largest absolute Gasteiger partial charge is 0.512 e. The second-order valence-corrected chi connectivity index (χ2v) is 17.6. The minimum Gasteiger partial charge on any atom is -0.512 e. The van der Waals surface area contributed by atoms with Gasteiger partial charge in [0.1, 0.15) is 30.2 Å². The van der Waals surface area contributed by atoms with E-state index in [1.165, 1.54) is 54.1 Å². The number of likely N-dealkylation sites (N-methyl/N-ethyl adjacent to an activating group) is 1. The molecule has 372 valence electrons. The Balaban J connectivity index is 2.12. The smallest absolute Gasteiger partial charge is 0.334 e. The number of carbonyl (C=O) groups excluding carboxylic acids is 6. The molecule has 3 rings (SSSR count). The van der Waals surface area contributed by atoms with Crippen LogP contribution in [0.1, 0.15) is 88.5 Å². The quantitative estimate of drug-likeness (QED) is 0.131. The minimum atomic E-state index is -1.30. The van der Waals surface area contributed by atoms with Gasteiger partial charge in [0.25, 0.3) is 0 Å². The van der Waals surface area contributed by atoms with Crippen molar-refractivity contribution in [1.82, 2.24) is 4.90 Å². The van der Waals surface area contributed by atoms with Crippen molar-refractivity contribution in [2.24, 2.45) is 23.7 Å². The molecule has 1 N–H and O–H groups in total. The highest BCUT2D eigenvalue weighted by molar-refractivity contribution is 5.92. The first-order valence-corrected chi connectivity index (χ1v) is 22.5. The molecule has 0 amide bonds. The zero-order valence-corrected chi connectivity index (χ0v) is 41.0. The maximum Gasteiger partial charge on any atom is 0.334 e. The summed E-state index contributed by atoms with van der Waals surface area (Å²) in [6.45, 7) is 15.6. The number of methoxy groups -OCH3 is 2. The van der Waals surface area contributed by atoms with Gasteiger partial charge in [-0.3, -0.25) is 28.9 Å². The summed E-state index contributed by atoms with van der Waals surface area (Å²) in [5.74, 6) is -6.26. The number of ketones is 2. The normalized spacial score (nSPS) is 37.2. The number of cyclic esters (lactones) is 1. The molecule has 3 aliphatic heterocycles. The molecule has 18 heteroatoms.